The number of fused-ring (bicyclic) bond motifs is 1. The van der Waals surface area contributed by atoms with Crippen LogP contribution in [0.5, 0.6) is 0 Å². The highest BCUT2D eigenvalue weighted by Gasteiger charge is 2.17. The van der Waals surface area contributed by atoms with Gasteiger partial charge in [0.05, 0.1) is 13.2 Å². The number of hydrogen-bond acceptors (Lipinski definition) is 3. The molecule has 1 aliphatic heterocycles. The molecule has 0 fully saturated rings. The van der Waals surface area contributed by atoms with Crippen LogP contribution in [-0.4, -0.2) is 18.5 Å². The molecule has 0 aromatic heterocycles. The summed E-state index contributed by atoms with van der Waals surface area (Å²) >= 11 is 0. The third-order valence-electron chi connectivity index (χ3n) is 4.40. The normalized spacial score (nSPS) is 14.3. The first-order valence-corrected chi connectivity index (χ1v) is 8.43. The Morgan fingerprint density at radius 1 is 1.08 bits per heavy atom. The SMILES string of the molecule is CC(C)[C@@H](CNC(=O)c1ccc2c(c1)COC2)Nc1ccccc1. The Hall–Kier alpha value is -2.33. The number of rotatable bonds is 6. The summed E-state index contributed by atoms with van der Waals surface area (Å²) in [6, 6.07) is 16.1. The Morgan fingerprint density at radius 2 is 1.83 bits per heavy atom. The number of carbonyl (C=O) groups is 1. The number of benzene rings is 2. The molecule has 1 aliphatic rings. The van der Waals surface area contributed by atoms with Gasteiger partial charge in [0.2, 0.25) is 0 Å². The van der Waals surface area contributed by atoms with Crippen molar-refractivity contribution in [3.63, 3.8) is 0 Å². The molecule has 4 heteroatoms. The van der Waals surface area contributed by atoms with Gasteiger partial charge in [0.25, 0.3) is 5.91 Å². The lowest BCUT2D eigenvalue weighted by molar-refractivity contribution is 0.0950. The first-order valence-electron chi connectivity index (χ1n) is 8.43. The summed E-state index contributed by atoms with van der Waals surface area (Å²) in [4.78, 5) is 12.4. The van der Waals surface area contributed by atoms with Crippen LogP contribution in [0.4, 0.5) is 5.69 Å². The maximum atomic E-state index is 12.4. The average molecular weight is 324 g/mol. The molecule has 2 N–H and O–H groups in total. The predicted molar refractivity (Wildman–Crippen MR) is 96.0 cm³/mol. The topological polar surface area (TPSA) is 50.4 Å². The quantitative estimate of drug-likeness (QED) is 0.854. The van der Waals surface area contributed by atoms with Crippen LogP contribution in [0.1, 0.15) is 35.3 Å². The van der Waals surface area contributed by atoms with Gasteiger partial charge < -0.3 is 15.4 Å². The van der Waals surface area contributed by atoms with Crippen LogP contribution in [0, 0.1) is 5.92 Å². The molecule has 0 unspecified atom stereocenters. The van der Waals surface area contributed by atoms with Gasteiger partial charge in [-0.3, -0.25) is 4.79 Å². The summed E-state index contributed by atoms with van der Waals surface area (Å²) in [6.45, 7) is 6.13. The number of carbonyl (C=O) groups excluding carboxylic acids is 1. The fourth-order valence-corrected chi connectivity index (χ4v) is 2.82. The van der Waals surface area contributed by atoms with E-state index in [9.17, 15) is 4.79 Å². The molecule has 2 aromatic carbocycles. The fraction of sp³-hybridized carbons (Fsp3) is 0.350. The number of amides is 1. The van der Waals surface area contributed by atoms with Crippen molar-refractivity contribution in [1.82, 2.24) is 5.32 Å². The highest BCUT2D eigenvalue weighted by atomic mass is 16.5. The zero-order valence-electron chi connectivity index (χ0n) is 14.2. The van der Waals surface area contributed by atoms with Crippen LogP contribution >= 0.6 is 0 Å². The fourth-order valence-electron chi connectivity index (χ4n) is 2.82. The molecule has 0 spiro atoms. The van der Waals surface area contributed by atoms with Gasteiger partial charge in [-0.15, -0.1) is 0 Å². The molecule has 126 valence electrons. The van der Waals surface area contributed by atoms with E-state index in [1.54, 1.807) is 0 Å². The Labute approximate surface area is 143 Å². The van der Waals surface area contributed by atoms with Crippen molar-refractivity contribution < 1.29 is 9.53 Å². The first-order chi connectivity index (χ1) is 11.6. The van der Waals surface area contributed by atoms with Crippen molar-refractivity contribution >= 4 is 11.6 Å². The first kappa shape index (κ1) is 16.5. The van der Waals surface area contributed by atoms with Crippen molar-refractivity contribution in [1.29, 1.82) is 0 Å². The molecular weight excluding hydrogens is 300 g/mol. The molecule has 0 saturated carbocycles. The Bertz CT molecular complexity index is 698. The molecule has 2 aromatic rings. The molecule has 0 saturated heterocycles. The third kappa shape index (κ3) is 3.95. The molecule has 0 bridgehead atoms. The average Bonchev–Trinajstić information content (AvgIpc) is 3.06. The molecular formula is C20H24N2O2. The van der Waals surface area contributed by atoms with Gasteiger partial charge in [0.1, 0.15) is 0 Å². The Balaban J connectivity index is 1.61. The van der Waals surface area contributed by atoms with Crippen molar-refractivity contribution in [3.8, 4) is 0 Å². The number of hydrogen-bond donors (Lipinski definition) is 2. The van der Waals surface area contributed by atoms with Gasteiger partial charge >= 0.3 is 0 Å². The second-order valence-corrected chi connectivity index (χ2v) is 6.55. The van der Waals surface area contributed by atoms with Crippen LogP contribution < -0.4 is 10.6 Å². The number of anilines is 1. The van der Waals surface area contributed by atoms with E-state index < -0.39 is 0 Å². The van der Waals surface area contributed by atoms with E-state index in [0.717, 1.165) is 11.3 Å². The second-order valence-electron chi connectivity index (χ2n) is 6.55. The lowest BCUT2D eigenvalue weighted by atomic mass is 10.0. The van der Waals surface area contributed by atoms with Gasteiger partial charge in [-0.25, -0.2) is 0 Å². The van der Waals surface area contributed by atoms with E-state index in [1.807, 2.05) is 48.5 Å². The molecule has 4 nitrogen and oxygen atoms in total. The van der Waals surface area contributed by atoms with E-state index in [1.165, 1.54) is 5.56 Å². The lowest BCUT2D eigenvalue weighted by Crippen LogP contribution is -2.39. The summed E-state index contributed by atoms with van der Waals surface area (Å²) in [5, 5.41) is 6.54. The van der Waals surface area contributed by atoms with Crippen LogP contribution in [0.25, 0.3) is 0 Å². The van der Waals surface area contributed by atoms with Gasteiger partial charge in [-0.05, 0) is 41.3 Å². The molecule has 1 amide bonds. The van der Waals surface area contributed by atoms with Crippen molar-refractivity contribution in [3.05, 3.63) is 65.2 Å². The lowest BCUT2D eigenvalue weighted by Gasteiger charge is -2.24. The molecule has 0 aliphatic carbocycles. The summed E-state index contributed by atoms with van der Waals surface area (Å²) in [5.74, 6) is 0.365. The number of ether oxygens (including phenoxy) is 1. The molecule has 24 heavy (non-hydrogen) atoms. The highest BCUT2D eigenvalue weighted by molar-refractivity contribution is 5.94. The molecule has 3 rings (SSSR count). The zero-order valence-corrected chi connectivity index (χ0v) is 14.2. The van der Waals surface area contributed by atoms with Crippen molar-refractivity contribution in [2.45, 2.75) is 33.1 Å². The van der Waals surface area contributed by atoms with Crippen LogP contribution in [0.15, 0.2) is 48.5 Å². The summed E-state index contributed by atoms with van der Waals surface area (Å²) in [7, 11) is 0. The summed E-state index contributed by atoms with van der Waals surface area (Å²) < 4.78 is 5.40. The smallest absolute Gasteiger partial charge is 0.251 e. The van der Waals surface area contributed by atoms with E-state index in [2.05, 4.69) is 24.5 Å². The van der Waals surface area contributed by atoms with E-state index in [-0.39, 0.29) is 11.9 Å². The van der Waals surface area contributed by atoms with E-state index in [4.69, 9.17) is 4.74 Å². The minimum atomic E-state index is -0.0368. The van der Waals surface area contributed by atoms with Gasteiger partial charge in [0.15, 0.2) is 0 Å². The van der Waals surface area contributed by atoms with E-state index in [0.29, 0.717) is 31.2 Å². The van der Waals surface area contributed by atoms with Crippen LogP contribution in [0.3, 0.4) is 0 Å². The Morgan fingerprint density at radius 3 is 2.58 bits per heavy atom. The minimum Gasteiger partial charge on any atom is -0.380 e. The molecule has 1 heterocycles. The Kier molecular flexibility index (Phi) is 5.16. The highest BCUT2D eigenvalue weighted by Crippen LogP contribution is 2.21. The zero-order chi connectivity index (χ0) is 16.9. The van der Waals surface area contributed by atoms with Crippen LogP contribution in [-0.2, 0) is 18.0 Å². The van der Waals surface area contributed by atoms with Gasteiger partial charge in [-0.1, -0.05) is 38.1 Å². The third-order valence-corrected chi connectivity index (χ3v) is 4.40. The van der Waals surface area contributed by atoms with Crippen LogP contribution in [0.2, 0.25) is 0 Å². The largest absolute Gasteiger partial charge is 0.380 e. The van der Waals surface area contributed by atoms with E-state index >= 15 is 0 Å². The maximum absolute atomic E-state index is 12.4. The standard InChI is InChI=1S/C20H24N2O2/c1-14(2)19(22-18-6-4-3-5-7-18)11-21-20(23)15-8-9-16-12-24-13-17(16)10-15/h3-10,14,19,22H,11-13H2,1-2H3,(H,21,23)/t19-/m1/s1. The van der Waals surface area contributed by atoms with Crippen molar-refractivity contribution in [2.24, 2.45) is 5.92 Å². The summed E-state index contributed by atoms with van der Waals surface area (Å²) in [6.07, 6.45) is 0. The molecule has 0 radical (unpaired) electrons. The number of para-hydroxylation sites is 1. The predicted octanol–water partition coefficient (Wildman–Crippen LogP) is 3.58. The molecule has 1 atom stereocenters. The van der Waals surface area contributed by atoms with Gasteiger partial charge in [-0.2, -0.15) is 0 Å². The monoisotopic (exact) mass is 324 g/mol. The van der Waals surface area contributed by atoms with Gasteiger partial charge in [0, 0.05) is 23.8 Å². The minimum absolute atomic E-state index is 0.0368. The maximum Gasteiger partial charge on any atom is 0.251 e. The summed E-state index contributed by atoms with van der Waals surface area (Å²) in [5.41, 5.74) is 4.06. The number of nitrogens with one attached hydrogen (secondary N) is 2. The van der Waals surface area contributed by atoms with Crippen molar-refractivity contribution in [2.75, 3.05) is 11.9 Å². The second kappa shape index (κ2) is 7.49.